The lowest BCUT2D eigenvalue weighted by atomic mass is 10.0. The van der Waals surface area contributed by atoms with E-state index in [0.29, 0.717) is 16.3 Å². The molecule has 5 heteroatoms. The highest BCUT2D eigenvalue weighted by Gasteiger charge is 2.24. The quantitative estimate of drug-likeness (QED) is 0.885. The second-order valence-electron chi connectivity index (χ2n) is 4.59. The lowest BCUT2D eigenvalue weighted by molar-refractivity contribution is 0.507. The van der Waals surface area contributed by atoms with Crippen LogP contribution >= 0.6 is 35.1 Å². The molecule has 1 fully saturated rings. The Labute approximate surface area is 128 Å². The Bertz CT molecular complexity index is 410. The zero-order valence-electron chi connectivity index (χ0n) is 11.0. The van der Waals surface area contributed by atoms with Crippen molar-refractivity contribution in [3.05, 3.63) is 34.6 Å². The number of benzene rings is 1. The van der Waals surface area contributed by atoms with Crippen molar-refractivity contribution < 1.29 is 4.39 Å². The molecule has 0 bridgehead atoms. The Hall–Kier alpha value is 0.1000. The van der Waals surface area contributed by atoms with Gasteiger partial charge in [-0.1, -0.05) is 24.6 Å². The Kier molecular flexibility index (Phi) is 6.33. The molecule has 106 valence electrons. The first-order valence-electron chi connectivity index (χ1n) is 6.57. The average Bonchev–Trinajstić information content (AvgIpc) is 2.42. The minimum atomic E-state index is -0.191. The van der Waals surface area contributed by atoms with Crippen molar-refractivity contribution in [1.29, 1.82) is 0 Å². The summed E-state index contributed by atoms with van der Waals surface area (Å²) in [6.07, 6.45) is 0.731. The van der Waals surface area contributed by atoms with Gasteiger partial charge in [-0.15, -0.1) is 0 Å². The summed E-state index contributed by atoms with van der Waals surface area (Å²) in [6.45, 7) is 3.02. The van der Waals surface area contributed by atoms with E-state index < -0.39 is 0 Å². The fourth-order valence-corrected chi connectivity index (χ4v) is 5.31. The lowest BCUT2D eigenvalue weighted by Crippen LogP contribution is -2.42. The smallest absolute Gasteiger partial charge is 0.127 e. The topological polar surface area (TPSA) is 12.0 Å². The van der Waals surface area contributed by atoms with Crippen LogP contribution in [0.25, 0.3) is 0 Å². The molecule has 0 aromatic heterocycles. The van der Waals surface area contributed by atoms with Crippen LogP contribution in [0.1, 0.15) is 12.5 Å². The SMILES string of the molecule is CCNC(Cc1ccc(Cl)cc1F)C1CSCCS1. The van der Waals surface area contributed by atoms with Crippen LogP contribution in [-0.2, 0) is 6.42 Å². The van der Waals surface area contributed by atoms with Crippen molar-refractivity contribution in [3.63, 3.8) is 0 Å². The number of halogens is 2. The molecule has 1 aliphatic heterocycles. The molecule has 1 aromatic carbocycles. The Morgan fingerprint density at radius 1 is 1.47 bits per heavy atom. The van der Waals surface area contributed by atoms with Crippen LogP contribution in [-0.4, -0.2) is 35.1 Å². The molecule has 0 radical (unpaired) electrons. The molecule has 2 atom stereocenters. The molecule has 0 aliphatic carbocycles. The second kappa shape index (κ2) is 7.77. The molecule has 0 amide bonds. The Morgan fingerprint density at radius 3 is 2.95 bits per heavy atom. The molecule has 0 spiro atoms. The summed E-state index contributed by atoms with van der Waals surface area (Å²) in [5, 5.41) is 4.53. The van der Waals surface area contributed by atoms with E-state index in [9.17, 15) is 4.39 Å². The molecule has 2 rings (SSSR count). The minimum Gasteiger partial charge on any atom is -0.313 e. The monoisotopic (exact) mass is 319 g/mol. The average molecular weight is 320 g/mol. The summed E-state index contributed by atoms with van der Waals surface area (Å²) in [7, 11) is 0. The first-order valence-corrected chi connectivity index (χ1v) is 9.15. The standard InChI is InChI=1S/C14H19ClFNS2/c1-2-17-13(14-9-18-5-6-19-14)7-10-3-4-11(15)8-12(10)16/h3-4,8,13-14,17H,2,5-7,9H2,1H3. The van der Waals surface area contributed by atoms with E-state index in [1.54, 1.807) is 6.07 Å². The zero-order chi connectivity index (χ0) is 13.7. The van der Waals surface area contributed by atoms with Gasteiger partial charge in [-0.2, -0.15) is 23.5 Å². The van der Waals surface area contributed by atoms with Crippen molar-refractivity contribution in [2.24, 2.45) is 0 Å². The third-order valence-electron chi connectivity index (χ3n) is 3.21. The van der Waals surface area contributed by atoms with E-state index in [1.165, 1.54) is 17.6 Å². The van der Waals surface area contributed by atoms with E-state index >= 15 is 0 Å². The van der Waals surface area contributed by atoms with Crippen molar-refractivity contribution in [3.8, 4) is 0 Å². The molecule has 19 heavy (non-hydrogen) atoms. The molecule has 1 heterocycles. The van der Waals surface area contributed by atoms with Crippen LogP contribution in [0.3, 0.4) is 0 Å². The fourth-order valence-electron chi connectivity index (χ4n) is 2.26. The summed E-state index contributed by atoms with van der Waals surface area (Å²) in [4.78, 5) is 0. The molecule has 1 saturated heterocycles. The van der Waals surface area contributed by atoms with Gasteiger partial charge in [-0.25, -0.2) is 4.39 Å². The molecule has 1 N–H and O–H groups in total. The number of hydrogen-bond donors (Lipinski definition) is 1. The van der Waals surface area contributed by atoms with Crippen molar-refractivity contribution in [2.45, 2.75) is 24.6 Å². The number of hydrogen-bond acceptors (Lipinski definition) is 3. The molecule has 1 aliphatic rings. The first-order chi connectivity index (χ1) is 9.20. The predicted molar refractivity (Wildman–Crippen MR) is 86.1 cm³/mol. The zero-order valence-corrected chi connectivity index (χ0v) is 13.4. The van der Waals surface area contributed by atoms with Gasteiger partial charge in [0.05, 0.1) is 0 Å². The number of likely N-dealkylation sites (N-methyl/N-ethyl adjacent to an activating group) is 1. The van der Waals surface area contributed by atoms with Crippen LogP contribution in [0.2, 0.25) is 5.02 Å². The summed E-state index contributed by atoms with van der Waals surface area (Å²) in [5.74, 6) is 3.39. The predicted octanol–water partition coefficient (Wildman–Crippen LogP) is 3.85. The van der Waals surface area contributed by atoms with Gasteiger partial charge >= 0.3 is 0 Å². The maximum Gasteiger partial charge on any atom is 0.127 e. The van der Waals surface area contributed by atoms with E-state index in [4.69, 9.17) is 11.6 Å². The summed E-state index contributed by atoms with van der Waals surface area (Å²) in [6, 6.07) is 5.32. The third kappa shape index (κ3) is 4.55. The van der Waals surface area contributed by atoms with Gasteiger partial charge < -0.3 is 5.32 Å². The van der Waals surface area contributed by atoms with E-state index in [0.717, 1.165) is 24.3 Å². The molecule has 1 nitrogen and oxygen atoms in total. The van der Waals surface area contributed by atoms with Gasteiger partial charge in [0.25, 0.3) is 0 Å². The summed E-state index contributed by atoms with van der Waals surface area (Å²) < 4.78 is 13.9. The van der Waals surface area contributed by atoms with E-state index in [2.05, 4.69) is 12.2 Å². The van der Waals surface area contributed by atoms with Crippen LogP contribution in [0.4, 0.5) is 4.39 Å². The first kappa shape index (κ1) is 15.5. The largest absolute Gasteiger partial charge is 0.313 e. The van der Waals surface area contributed by atoms with Crippen LogP contribution in [0, 0.1) is 5.82 Å². The maximum absolute atomic E-state index is 13.9. The van der Waals surface area contributed by atoms with E-state index in [1.807, 2.05) is 29.6 Å². The Balaban J connectivity index is 2.06. The van der Waals surface area contributed by atoms with Crippen molar-refractivity contribution in [2.75, 3.05) is 23.8 Å². The summed E-state index contributed by atoms with van der Waals surface area (Å²) >= 11 is 9.81. The highest BCUT2D eigenvalue weighted by Crippen LogP contribution is 2.28. The van der Waals surface area contributed by atoms with Gasteiger partial charge in [-0.05, 0) is 30.7 Å². The van der Waals surface area contributed by atoms with Gasteiger partial charge in [0.1, 0.15) is 5.82 Å². The molecular weight excluding hydrogens is 301 g/mol. The number of thioether (sulfide) groups is 2. The number of nitrogens with one attached hydrogen (secondary N) is 1. The second-order valence-corrected chi connectivity index (χ2v) is 7.52. The summed E-state index contributed by atoms with van der Waals surface area (Å²) in [5.41, 5.74) is 0.756. The molecule has 2 unspecified atom stereocenters. The van der Waals surface area contributed by atoms with Crippen LogP contribution in [0.5, 0.6) is 0 Å². The van der Waals surface area contributed by atoms with Gasteiger partial charge in [0.15, 0.2) is 0 Å². The van der Waals surface area contributed by atoms with Crippen molar-refractivity contribution >= 4 is 35.1 Å². The number of rotatable bonds is 5. The maximum atomic E-state index is 13.9. The molecular formula is C14H19ClFNS2. The normalized spacial score (nSPS) is 21.3. The van der Waals surface area contributed by atoms with Gasteiger partial charge in [0, 0.05) is 33.6 Å². The molecule has 0 saturated carbocycles. The van der Waals surface area contributed by atoms with E-state index in [-0.39, 0.29) is 5.82 Å². The van der Waals surface area contributed by atoms with Gasteiger partial charge in [0.2, 0.25) is 0 Å². The third-order valence-corrected chi connectivity index (χ3v) is 6.37. The Morgan fingerprint density at radius 2 is 2.32 bits per heavy atom. The van der Waals surface area contributed by atoms with Gasteiger partial charge in [-0.3, -0.25) is 0 Å². The lowest BCUT2D eigenvalue weighted by Gasteiger charge is -2.30. The molecule has 1 aromatic rings. The minimum absolute atomic E-state index is 0.191. The highest BCUT2D eigenvalue weighted by atomic mass is 35.5. The highest BCUT2D eigenvalue weighted by molar-refractivity contribution is 8.06. The van der Waals surface area contributed by atoms with Crippen LogP contribution < -0.4 is 5.32 Å². The van der Waals surface area contributed by atoms with Crippen molar-refractivity contribution in [1.82, 2.24) is 5.32 Å². The van der Waals surface area contributed by atoms with Crippen LogP contribution in [0.15, 0.2) is 18.2 Å². The fraction of sp³-hybridized carbons (Fsp3) is 0.571.